The highest BCUT2D eigenvalue weighted by Gasteiger charge is 2.36. The van der Waals surface area contributed by atoms with Gasteiger partial charge < -0.3 is 15.0 Å². The molecule has 2 amide bonds. The summed E-state index contributed by atoms with van der Waals surface area (Å²) < 4.78 is 35.3. The Morgan fingerprint density at radius 1 is 0.833 bits per heavy atom. The van der Waals surface area contributed by atoms with Gasteiger partial charge >= 0.3 is 0 Å². The smallest absolute Gasteiger partial charge is 0.264 e. The van der Waals surface area contributed by atoms with Gasteiger partial charge in [0.1, 0.15) is 18.3 Å². The lowest BCUT2D eigenvalue weighted by Gasteiger charge is -2.35. The van der Waals surface area contributed by atoms with E-state index in [2.05, 4.69) is 5.32 Å². The molecular formula is C39H45N3O5S. The van der Waals surface area contributed by atoms with E-state index in [0.29, 0.717) is 17.9 Å². The number of hydrogen-bond acceptors (Lipinski definition) is 5. The zero-order valence-corrected chi connectivity index (χ0v) is 28.6. The molecule has 252 valence electrons. The van der Waals surface area contributed by atoms with Crippen LogP contribution in [0.3, 0.4) is 0 Å². The molecular weight excluding hydrogens is 623 g/mol. The average Bonchev–Trinajstić information content (AvgIpc) is 3.13. The first-order valence-corrected chi connectivity index (χ1v) is 18.2. The summed E-state index contributed by atoms with van der Waals surface area (Å²) in [6, 6.07) is 31.5. The molecule has 0 aliphatic heterocycles. The second-order valence-electron chi connectivity index (χ2n) is 12.2. The van der Waals surface area contributed by atoms with Crippen LogP contribution in [0.2, 0.25) is 0 Å². The molecule has 1 atom stereocenters. The number of carbonyl (C=O) groups is 2. The zero-order chi connectivity index (χ0) is 33.9. The third-order valence-electron chi connectivity index (χ3n) is 8.96. The molecule has 0 unspecified atom stereocenters. The number of rotatable bonds is 14. The molecule has 48 heavy (non-hydrogen) atoms. The van der Waals surface area contributed by atoms with E-state index in [-0.39, 0.29) is 29.8 Å². The maximum Gasteiger partial charge on any atom is 0.264 e. The summed E-state index contributed by atoms with van der Waals surface area (Å²) in [7, 11) is -2.58. The average molecular weight is 668 g/mol. The summed E-state index contributed by atoms with van der Waals surface area (Å²) in [4.78, 5) is 30.7. The Morgan fingerprint density at radius 2 is 1.48 bits per heavy atom. The Balaban J connectivity index is 1.59. The van der Waals surface area contributed by atoms with Crippen LogP contribution in [0.1, 0.15) is 55.7 Å². The Hall–Kier alpha value is -4.63. The van der Waals surface area contributed by atoms with Gasteiger partial charge in [-0.3, -0.25) is 13.9 Å². The quantitative estimate of drug-likeness (QED) is 0.165. The van der Waals surface area contributed by atoms with Crippen molar-refractivity contribution in [2.75, 3.05) is 18.0 Å². The number of amides is 2. The number of ether oxygens (including phenoxy) is 1. The van der Waals surface area contributed by atoms with E-state index in [1.165, 1.54) is 16.4 Å². The van der Waals surface area contributed by atoms with Gasteiger partial charge in [-0.25, -0.2) is 8.42 Å². The lowest BCUT2D eigenvalue weighted by Crippen LogP contribution is -2.55. The van der Waals surface area contributed by atoms with Crippen LogP contribution in [0.25, 0.3) is 0 Å². The number of nitrogens with zero attached hydrogens (tertiary/aromatic N) is 2. The van der Waals surface area contributed by atoms with Gasteiger partial charge in [-0.15, -0.1) is 0 Å². The molecule has 1 saturated carbocycles. The van der Waals surface area contributed by atoms with Crippen LogP contribution in [0, 0.1) is 0 Å². The number of sulfonamides is 1. The monoisotopic (exact) mass is 667 g/mol. The second kappa shape index (κ2) is 16.5. The zero-order valence-electron chi connectivity index (χ0n) is 27.8. The fraction of sp³-hybridized carbons (Fsp3) is 0.333. The molecule has 4 aromatic carbocycles. The number of aryl methyl sites for hydroxylation is 1. The molecule has 4 aromatic rings. The van der Waals surface area contributed by atoms with Gasteiger partial charge in [0.05, 0.1) is 17.7 Å². The van der Waals surface area contributed by atoms with Gasteiger partial charge in [-0.1, -0.05) is 105 Å². The first kappa shape index (κ1) is 34.7. The van der Waals surface area contributed by atoms with E-state index in [4.69, 9.17) is 4.74 Å². The van der Waals surface area contributed by atoms with Crippen LogP contribution in [0.5, 0.6) is 5.75 Å². The first-order valence-electron chi connectivity index (χ1n) is 16.7. The van der Waals surface area contributed by atoms with Crippen molar-refractivity contribution in [3.05, 3.63) is 126 Å². The van der Waals surface area contributed by atoms with Crippen LogP contribution in [-0.4, -0.2) is 50.9 Å². The molecule has 0 bridgehead atoms. The molecule has 0 radical (unpaired) electrons. The molecule has 1 fully saturated rings. The number of methoxy groups -OCH3 is 1. The van der Waals surface area contributed by atoms with Crippen molar-refractivity contribution in [1.29, 1.82) is 0 Å². The van der Waals surface area contributed by atoms with Crippen LogP contribution >= 0.6 is 0 Å². The second-order valence-corrected chi connectivity index (χ2v) is 14.1. The van der Waals surface area contributed by atoms with Crippen molar-refractivity contribution in [2.45, 2.75) is 75.4 Å². The van der Waals surface area contributed by atoms with Gasteiger partial charge in [0, 0.05) is 19.0 Å². The number of benzene rings is 4. The van der Waals surface area contributed by atoms with Gasteiger partial charge in [-0.05, 0) is 66.3 Å². The molecule has 1 aliphatic rings. The predicted octanol–water partition coefficient (Wildman–Crippen LogP) is 6.54. The van der Waals surface area contributed by atoms with Crippen LogP contribution in [0.4, 0.5) is 5.69 Å². The molecule has 0 heterocycles. The van der Waals surface area contributed by atoms with E-state index in [9.17, 15) is 18.0 Å². The predicted molar refractivity (Wildman–Crippen MR) is 189 cm³/mol. The molecule has 1 aliphatic carbocycles. The number of carbonyl (C=O) groups excluding carboxylic acids is 2. The van der Waals surface area contributed by atoms with E-state index in [1.54, 1.807) is 42.3 Å². The number of nitrogens with one attached hydrogen (secondary N) is 1. The normalized spacial score (nSPS) is 14.1. The minimum atomic E-state index is -4.16. The van der Waals surface area contributed by atoms with Crippen molar-refractivity contribution in [3.63, 3.8) is 0 Å². The highest BCUT2D eigenvalue weighted by Crippen LogP contribution is 2.29. The minimum absolute atomic E-state index is 0.0321. The minimum Gasteiger partial charge on any atom is -0.497 e. The number of para-hydroxylation sites is 1. The molecule has 5 rings (SSSR count). The third-order valence-corrected chi connectivity index (χ3v) is 10.7. The van der Waals surface area contributed by atoms with Gasteiger partial charge in [0.2, 0.25) is 11.8 Å². The lowest BCUT2D eigenvalue weighted by atomic mass is 9.94. The summed E-state index contributed by atoms with van der Waals surface area (Å²) >= 11 is 0. The maximum atomic E-state index is 14.8. The van der Waals surface area contributed by atoms with Crippen LogP contribution in [0.15, 0.2) is 114 Å². The molecule has 0 spiro atoms. The van der Waals surface area contributed by atoms with Gasteiger partial charge in [-0.2, -0.15) is 0 Å². The highest BCUT2D eigenvalue weighted by molar-refractivity contribution is 7.92. The van der Waals surface area contributed by atoms with E-state index in [1.807, 2.05) is 73.7 Å². The molecule has 1 N–H and O–H groups in total. The van der Waals surface area contributed by atoms with E-state index < -0.39 is 28.5 Å². The fourth-order valence-electron chi connectivity index (χ4n) is 6.35. The van der Waals surface area contributed by atoms with Crippen LogP contribution in [-0.2, 0) is 39.0 Å². The highest BCUT2D eigenvalue weighted by atomic mass is 32.2. The largest absolute Gasteiger partial charge is 0.497 e. The molecule has 0 saturated heterocycles. The van der Waals surface area contributed by atoms with E-state index in [0.717, 1.165) is 48.8 Å². The lowest BCUT2D eigenvalue weighted by molar-refractivity contribution is -0.140. The Bertz CT molecular complexity index is 1760. The van der Waals surface area contributed by atoms with Gasteiger partial charge in [0.15, 0.2) is 0 Å². The van der Waals surface area contributed by atoms with Crippen molar-refractivity contribution in [1.82, 2.24) is 10.2 Å². The van der Waals surface area contributed by atoms with Crippen molar-refractivity contribution in [3.8, 4) is 5.75 Å². The van der Waals surface area contributed by atoms with Crippen molar-refractivity contribution >= 4 is 27.5 Å². The Morgan fingerprint density at radius 3 is 2.17 bits per heavy atom. The summed E-state index contributed by atoms with van der Waals surface area (Å²) in [6.07, 6.45) is 5.86. The van der Waals surface area contributed by atoms with Crippen molar-refractivity contribution < 1.29 is 22.7 Å². The summed E-state index contributed by atoms with van der Waals surface area (Å²) in [6.45, 7) is 1.55. The summed E-state index contributed by atoms with van der Waals surface area (Å²) in [5, 5.41) is 3.25. The van der Waals surface area contributed by atoms with E-state index >= 15 is 0 Å². The van der Waals surface area contributed by atoms with Crippen LogP contribution < -0.4 is 14.4 Å². The molecule has 8 nitrogen and oxygen atoms in total. The third kappa shape index (κ3) is 8.63. The molecule has 9 heteroatoms. The summed E-state index contributed by atoms with van der Waals surface area (Å²) in [5.41, 5.74) is 2.89. The van der Waals surface area contributed by atoms with Gasteiger partial charge in [0.25, 0.3) is 10.0 Å². The number of hydrogen-bond donors (Lipinski definition) is 1. The SMILES string of the molecule is CCc1ccccc1N(CC(=O)N(Cc1cccc(OC)c1)[C@H](Cc1ccccc1)C(=O)NC1CCCCC1)S(=O)(=O)c1ccccc1. The first-order chi connectivity index (χ1) is 23.3. The Kier molecular flexibility index (Phi) is 11.9. The molecule has 0 aromatic heterocycles. The number of anilines is 1. The Labute approximate surface area is 284 Å². The fourth-order valence-corrected chi connectivity index (χ4v) is 7.82. The maximum absolute atomic E-state index is 14.8. The van der Waals surface area contributed by atoms with Crippen molar-refractivity contribution in [2.24, 2.45) is 0 Å². The topological polar surface area (TPSA) is 96.0 Å². The standard InChI is InChI=1S/C39H45N3O5S/c1-3-32-19-13-14-25-36(32)42(48(45,46)35-23-11-6-12-24-35)29-38(43)41(28-31-18-15-22-34(26-31)47-2)37(27-30-16-7-4-8-17-30)39(44)40-33-20-9-5-10-21-33/h4,6-8,11-19,22-26,33,37H,3,5,9-10,20-21,27-29H2,1-2H3,(H,40,44)/t37-/m1/s1. The summed E-state index contributed by atoms with van der Waals surface area (Å²) in [5.74, 6) is -0.104.